The van der Waals surface area contributed by atoms with Gasteiger partial charge in [-0.25, -0.2) is 4.98 Å². The number of aromatic amines is 1. The van der Waals surface area contributed by atoms with Crippen molar-refractivity contribution >= 4 is 39.7 Å². The lowest BCUT2D eigenvalue weighted by Gasteiger charge is -2.16. The van der Waals surface area contributed by atoms with Gasteiger partial charge in [-0.2, -0.15) is 0 Å². The lowest BCUT2D eigenvalue weighted by molar-refractivity contribution is -0.121. The van der Waals surface area contributed by atoms with Crippen LogP contribution in [0.15, 0.2) is 82.9 Å². The first kappa shape index (κ1) is 21.5. The molecular formula is C26H22ClN3O2S. The summed E-state index contributed by atoms with van der Waals surface area (Å²) in [6, 6.07) is 19.8. The number of para-hydroxylation sites is 1. The third-order valence-corrected chi connectivity index (χ3v) is 6.87. The number of carbonyl (C=O) groups excluding carboxylic acids is 1. The van der Waals surface area contributed by atoms with Crippen molar-refractivity contribution in [2.45, 2.75) is 18.8 Å². The van der Waals surface area contributed by atoms with Gasteiger partial charge in [-0.05, 0) is 47.3 Å². The summed E-state index contributed by atoms with van der Waals surface area (Å²) in [5, 5.41) is 7.03. The molecule has 166 valence electrons. The van der Waals surface area contributed by atoms with Crippen LogP contribution in [-0.4, -0.2) is 22.4 Å². The normalized spacial score (nSPS) is 12.2. The summed E-state index contributed by atoms with van der Waals surface area (Å²) in [5.41, 5.74) is 3.19. The Morgan fingerprint density at radius 2 is 1.97 bits per heavy atom. The third-order valence-electron chi connectivity index (χ3n) is 5.63. The molecule has 1 unspecified atom stereocenters. The molecule has 0 radical (unpaired) electrons. The van der Waals surface area contributed by atoms with Gasteiger partial charge in [-0.1, -0.05) is 35.9 Å². The van der Waals surface area contributed by atoms with E-state index in [4.69, 9.17) is 16.0 Å². The number of hydrogen-bond donors (Lipinski definition) is 2. The molecule has 3 heterocycles. The number of aromatic nitrogens is 2. The van der Waals surface area contributed by atoms with E-state index in [1.54, 1.807) is 17.5 Å². The van der Waals surface area contributed by atoms with Gasteiger partial charge in [0.25, 0.3) is 0 Å². The summed E-state index contributed by atoms with van der Waals surface area (Å²) >= 11 is 7.65. The quantitative estimate of drug-likeness (QED) is 0.272. The van der Waals surface area contributed by atoms with Crippen LogP contribution in [0.5, 0.6) is 0 Å². The van der Waals surface area contributed by atoms with E-state index in [0.717, 1.165) is 11.1 Å². The van der Waals surface area contributed by atoms with E-state index in [2.05, 4.69) is 38.9 Å². The summed E-state index contributed by atoms with van der Waals surface area (Å²) in [7, 11) is 0. The van der Waals surface area contributed by atoms with Crippen molar-refractivity contribution < 1.29 is 9.21 Å². The molecule has 5 nitrogen and oxygen atoms in total. The fourth-order valence-corrected chi connectivity index (χ4v) is 4.91. The number of carbonyl (C=O) groups is 1. The molecule has 0 aliphatic heterocycles. The molecule has 2 N–H and O–H groups in total. The monoisotopic (exact) mass is 475 g/mol. The summed E-state index contributed by atoms with van der Waals surface area (Å²) in [5.74, 6) is 1.27. The van der Waals surface area contributed by atoms with Gasteiger partial charge in [0.1, 0.15) is 0 Å². The average Bonchev–Trinajstić information content (AvgIpc) is 3.60. The molecule has 33 heavy (non-hydrogen) atoms. The lowest BCUT2D eigenvalue weighted by Crippen LogP contribution is -2.28. The predicted molar refractivity (Wildman–Crippen MR) is 133 cm³/mol. The van der Waals surface area contributed by atoms with Gasteiger partial charge in [0, 0.05) is 57.9 Å². The second-order valence-electron chi connectivity index (χ2n) is 7.79. The molecule has 7 heteroatoms. The standard InChI is InChI=1S/C26H22ClN3O2S/c27-18-9-7-17(8-10-18)23-16-30-26(32-23)12-11-25(31)29-15-21(24-6-3-13-33-24)20-14-28-22-5-2-1-4-19(20)22/h1-10,13-14,16,21,28H,11-12,15H2,(H,29,31). The Morgan fingerprint density at radius 1 is 1.12 bits per heavy atom. The van der Waals surface area contributed by atoms with Gasteiger partial charge in [0.05, 0.1) is 6.20 Å². The molecule has 0 spiro atoms. The SMILES string of the molecule is O=C(CCc1ncc(-c2ccc(Cl)cc2)o1)NCC(c1cccs1)c1c[nH]c2ccccc12. The number of amides is 1. The molecule has 3 aromatic heterocycles. The number of nitrogens with zero attached hydrogens (tertiary/aromatic N) is 1. The predicted octanol–water partition coefficient (Wildman–Crippen LogP) is 6.42. The number of benzene rings is 2. The van der Waals surface area contributed by atoms with E-state index >= 15 is 0 Å². The molecule has 0 aliphatic rings. The van der Waals surface area contributed by atoms with Crippen LogP contribution in [0.1, 0.15) is 28.7 Å². The van der Waals surface area contributed by atoms with Crippen LogP contribution in [0, 0.1) is 0 Å². The van der Waals surface area contributed by atoms with Crippen LogP contribution in [-0.2, 0) is 11.2 Å². The molecule has 1 amide bonds. The molecule has 5 rings (SSSR count). The number of H-pyrrole nitrogens is 1. The lowest BCUT2D eigenvalue weighted by atomic mass is 9.96. The van der Waals surface area contributed by atoms with Crippen LogP contribution in [0.2, 0.25) is 5.02 Å². The first-order chi connectivity index (χ1) is 16.2. The van der Waals surface area contributed by atoms with Gasteiger partial charge in [0.15, 0.2) is 11.7 Å². The molecule has 0 saturated carbocycles. The van der Waals surface area contributed by atoms with Crippen molar-refractivity contribution in [1.82, 2.24) is 15.3 Å². The Bertz CT molecular complexity index is 1360. The minimum Gasteiger partial charge on any atom is -0.441 e. The van der Waals surface area contributed by atoms with Crippen molar-refractivity contribution in [3.63, 3.8) is 0 Å². The van der Waals surface area contributed by atoms with Crippen molar-refractivity contribution in [1.29, 1.82) is 0 Å². The Hall–Kier alpha value is -3.35. The van der Waals surface area contributed by atoms with E-state index in [-0.39, 0.29) is 11.8 Å². The number of thiophene rings is 1. The largest absolute Gasteiger partial charge is 0.441 e. The van der Waals surface area contributed by atoms with Crippen molar-refractivity contribution in [3.05, 3.63) is 99.8 Å². The van der Waals surface area contributed by atoms with Crippen molar-refractivity contribution in [2.75, 3.05) is 6.54 Å². The summed E-state index contributed by atoms with van der Waals surface area (Å²) < 4.78 is 5.81. The topological polar surface area (TPSA) is 70.9 Å². The number of rotatable bonds is 8. The molecule has 0 bridgehead atoms. The molecule has 1 atom stereocenters. The molecule has 2 aromatic carbocycles. The summed E-state index contributed by atoms with van der Waals surface area (Å²) in [4.78, 5) is 21.5. The smallest absolute Gasteiger partial charge is 0.220 e. The van der Waals surface area contributed by atoms with Gasteiger partial charge in [-0.3, -0.25) is 4.79 Å². The Balaban J connectivity index is 1.22. The van der Waals surface area contributed by atoms with Crippen LogP contribution in [0.4, 0.5) is 0 Å². The van der Waals surface area contributed by atoms with Gasteiger partial charge < -0.3 is 14.7 Å². The first-order valence-corrected chi connectivity index (χ1v) is 12.0. The highest BCUT2D eigenvalue weighted by Gasteiger charge is 2.20. The van der Waals surface area contributed by atoms with Gasteiger partial charge in [-0.15, -0.1) is 11.3 Å². The number of fused-ring (bicyclic) bond motifs is 1. The highest BCUT2D eigenvalue weighted by atomic mass is 35.5. The Labute approximate surface area is 200 Å². The van der Waals surface area contributed by atoms with E-state index in [1.807, 2.05) is 48.7 Å². The minimum absolute atomic E-state index is 0.0253. The fraction of sp³-hybridized carbons (Fsp3) is 0.154. The zero-order valence-corrected chi connectivity index (χ0v) is 19.3. The zero-order valence-electron chi connectivity index (χ0n) is 17.8. The van der Waals surface area contributed by atoms with Gasteiger partial charge >= 0.3 is 0 Å². The van der Waals surface area contributed by atoms with Crippen molar-refractivity contribution in [3.8, 4) is 11.3 Å². The second-order valence-corrected chi connectivity index (χ2v) is 9.20. The van der Waals surface area contributed by atoms with Crippen LogP contribution in [0.25, 0.3) is 22.2 Å². The first-order valence-electron chi connectivity index (χ1n) is 10.7. The van der Waals surface area contributed by atoms with Crippen LogP contribution >= 0.6 is 22.9 Å². The maximum Gasteiger partial charge on any atom is 0.220 e. The van der Waals surface area contributed by atoms with E-state index in [9.17, 15) is 4.79 Å². The molecule has 0 saturated heterocycles. The maximum absolute atomic E-state index is 12.6. The van der Waals surface area contributed by atoms with Crippen molar-refractivity contribution in [2.24, 2.45) is 0 Å². The molecule has 0 aliphatic carbocycles. The van der Waals surface area contributed by atoms with E-state index in [1.165, 1.54) is 15.8 Å². The summed E-state index contributed by atoms with van der Waals surface area (Å²) in [6.45, 7) is 0.531. The maximum atomic E-state index is 12.6. The van der Waals surface area contributed by atoms with Crippen LogP contribution < -0.4 is 5.32 Å². The number of aryl methyl sites for hydroxylation is 1. The fourth-order valence-electron chi connectivity index (χ4n) is 3.93. The Morgan fingerprint density at radius 3 is 2.79 bits per heavy atom. The number of nitrogens with one attached hydrogen (secondary N) is 2. The highest BCUT2D eigenvalue weighted by molar-refractivity contribution is 7.10. The number of oxazole rings is 1. The van der Waals surface area contributed by atoms with E-state index < -0.39 is 0 Å². The van der Waals surface area contributed by atoms with E-state index in [0.29, 0.717) is 36.1 Å². The zero-order chi connectivity index (χ0) is 22.6. The number of hydrogen-bond acceptors (Lipinski definition) is 4. The minimum atomic E-state index is -0.0253. The molecular weight excluding hydrogens is 454 g/mol. The molecule has 0 fully saturated rings. The van der Waals surface area contributed by atoms with Crippen LogP contribution in [0.3, 0.4) is 0 Å². The number of halogens is 1. The summed E-state index contributed by atoms with van der Waals surface area (Å²) in [6.07, 6.45) is 4.48. The van der Waals surface area contributed by atoms with Gasteiger partial charge in [0.2, 0.25) is 5.91 Å². The highest BCUT2D eigenvalue weighted by Crippen LogP contribution is 2.33. The second kappa shape index (κ2) is 9.65. The molecule has 5 aromatic rings. The third kappa shape index (κ3) is 4.87. The average molecular weight is 476 g/mol. The Kier molecular flexibility index (Phi) is 6.28.